The topological polar surface area (TPSA) is 102 Å². The van der Waals surface area contributed by atoms with Crippen LogP contribution in [-0.2, 0) is 18.4 Å². The zero-order valence-corrected chi connectivity index (χ0v) is 14.0. The smallest absolute Gasteiger partial charge is 0.257 e. The van der Waals surface area contributed by atoms with E-state index in [1.807, 2.05) is 6.07 Å². The number of benzene rings is 1. The van der Waals surface area contributed by atoms with Crippen molar-refractivity contribution in [2.24, 2.45) is 7.05 Å². The maximum Gasteiger partial charge on any atom is 0.257 e. The molecule has 0 saturated carbocycles. The number of furan rings is 1. The number of methoxy groups -OCH3 is 2. The van der Waals surface area contributed by atoms with Crippen LogP contribution in [0.5, 0.6) is 5.75 Å². The van der Waals surface area contributed by atoms with Crippen LogP contribution in [0.3, 0.4) is 0 Å². The Balaban J connectivity index is 2.04. The van der Waals surface area contributed by atoms with Gasteiger partial charge < -0.3 is 23.8 Å². The minimum Gasteiger partial charge on any atom is -0.493 e. The van der Waals surface area contributed by atoms with Gasteiger partial charge in [-0.15, -0.1) is 0 Å². The molecule has 3 rings (SSSR count). The molecule has 0 saturated heterocycles. The van der Waals surface area contributed by atoms with Gasteiger partial charge in [-0.25, -0.2) is 4.98 Å². The van der Waals surface area contributed by atoms with Crippen LogP contribution < -0.4 is 10.1 Å². The number of rotatable bonds is 5. The molecule has 1 aromatic carbocycles. The lowest BCUT2D eigenvalue weighted by atomic mass is 10.1. The summed E-state index contributed by atoms with van der Waals surface area (Å²) in [6.07, 6.45) is 1.46. The molecule has 1 amide bonds. The van der Waals surface area contributed by atoms with E-state index in [-0.39, 0.29) is 18.2 Å². The van der Waals surface area contributed by atoms with Gasteiger partial charge in [0.15, 0.2) is 22.8 Å². The molecule has 2 aromatic heterocycles. The molecule has 0 bridgehead atoms. The first kappa shape index (κ1) is 16.5. The summed E-state index contributed by atoms with van der Waals surface area (Å²) in [5, 5.41) is 12.4. The molecular formula is C17H16N4O4. The molecule has 128 valence electrons. The third-order valence-corrected chi connectivity index (χ3v) is 3.72. The number of nitrogens with one attached hydrogen (secondary N) is 1. The highest BCUT2D eigenvalue weighted by Gasteiger charge is 2.20. The number of carbonyl (C=O) groups excluding carboxylic acids is 1. The second kappa shape index (κ2) is 6.67. The highest BCUT2D eigenvalue weighted by atomic mass is 16.5. The Hall–Kier alpha value is -3.31. The molecule has 0 atom stereocenters. The third-order valence-electron chi connectivity index (χ3n) is 3.72. The van der Waals surface area contributed by atoms with E-state index in [1.165, 1.54) is 13.4 Å². The molecular weight excluding hydrogens is 324 g/mol. The van der Waals surface area contributed by atoms with Crippen molar-refractivity contribution in [2.75, 3.05) is 19.5 Å². The number of imidazole rings is 1. The monoisotopic (exact) mass is 340 g/mol. The Morgan fingerprint density at radius 1 is 1.44 bits per heavy atom. The van der Waals surface area contributed by atoms with Gasteiger partial charge in [-0.1, -0.05) is 0 Å². The van der Waals surface area contributed by atoms with Gasteiger partial charge in [0.05, 0.1) is 19.0 Å². The number of nitriles is 1. The standard InChI is InChI=1S/C17H16N4O4/c1-21-9-19-13(7-18)16(21)20-17(22)11-4-5-14(24-3)15-12(11)6-10(25-15)8-23-2/h4-6,9H,8H2,1-3H3,(H,20,22). The van der Waals surface area contributed by atoms with Gasteiger partial charge in [-0.05, 0) is 18.2 Å². The second-order valence-corrected chi connectivity index (χ2v) is 5.32. The quantitative estimate of drug-likeness (QED) is 0.765. The predicted molar refractivity (Wildman–Crippen MR) is 89.4 cm³/mol. The molecule has 0 radical (unpaired) electrons. The highest BCUT2D eigenvalue weighted by molar-refractivity contribution is 6.13. The lowest BCUT2D eigenvalue weighted by Crippen LogP contribution is -2.15. The first-order valence-electron chi connectivity index (χ1n) is 7.40. The van der Waals surface area contributed by atoms with E-state index >= 15 is 0 Å². The maximum absolute atomic E-state index is 12.7. The summed E-state index contributed by atoms with van der Waals surface area (Å²) < 4.78 is 17.7. The van der Waals surface area contributed by atoms with Gasteiger partial charge in [0, 0.05) is 19.5 Å². The van der Waals surface area contributed by atoms with E-state index in [0.717, 1.165) is 0 Å². The number of carbonyl (C=O) groups is 1. The van der Waals surface area contributed by atoms with Gasteiger partial charge in [0.2, 0.25) is 0 Å². The summed E-state index contributed by atoms with van der Waals surface area (Å²) >= 11 is 0. The first-order valence-corrected chi connectivity index (χ1v) is 7.40. The summed E-state index contributed by atoms with van der Waals surface area (Å²) in [6, 6.07) is 6.99. The van der Waals surface area contributed by atoms with Crippen molar-refractivity contribution in [1.82, 2.24) is 9.55 Å². The van der Waals surface area contributed by atoms with Crippen LogP contribution in [-0.4, -0.2) is 29.7 Å². The summed E-state index contributed by atoms with van der Waals surface area (Å²) in [5.74, 6) is 1.05. The predicted octanol–water partition coefficient (Wildman–Crippen LogP) is 2.45. The number of aryl methyl sites for hydroxylation is 1. The maximum atomic E-state index is 12.7. The Morgan fingerprint density at radius 3 is 2.92 bits per heavy atom. The van der Waals surface area contributed by atoms with Gasteiger partial charge in [0.25, 0.3) is 5.91 Å². The second-order valence-electron chi connectivity index (χ2n) is 5.32. The normalized spacial score (nSPS) is 10.6. The Kier molecular flexibility index (Phi) is 4.41. The van der Waals surface area contributed by atoms with Gasteiger partial charge >= 0.3 is 0 Å². The lowest BCUT2D eigenvalue weighted by molar-refractivity contribution is 0.102. The van der Waals surface area contributed by atoms with Crippen molar-refractivity contribution in [3.05, 3.63) is 41.5 Å². The number of fused-ring (bicyclic) bond motifs is 1. The van der Waals surface area contributed by atoms with E-state index in [0.29, 0.717) is 33.9 Å². The fourth-order valence-corrected chi connectivity index (χ4v) is 2.56. The molecule has 0 unspecified atom stereocenters. The number of amides is 1. The highest BCUT2D eigenvalue weighted by Crippen LogP contribution is 2.32. The zero-order valence-electron chi connectivity index (χ0n) is 14.0. The molecule has 3 aromatic rings. The van der Waals surface area contributed by atoms with E-state index in [9.17, 15) is 4.79 Å². The first-order chi connectivity index (χ1) is 12.1. The molecule has 8 nitrogen and oxygen atoms in total. The molecule has 8 heteroatoms. The Morgan fingerprint density at radius 2 is 2.24 bits per heavy atom. The number of nitrogens with zero attached hydrogens (tertiary/aromatic N) is 3. The average molecular weight is 340 g/mol. The molecule has 0 aliphatic heterocycles. The average Bonchev–Trinajstić information content (AvgIpc) is 3.18. The van der Waals surface area contributed by atoms with Crippen LogP contribution in [0.2, 0.25) is 0 Å². The minimum atomic E-state index is -0.377. The van der Waals surface area contributed by atoms with Gasteiger partial charge in [-0.3, -0.25) is 4.79 Å². The van der Waals surface area contributed by atoms with Crippen molar-refractivity contribution >= 4 is 22.7 Å². The summed E-state index contributed by atoms with van der Waals surface area (Å²) in [5.41, 5.74) is 1.01. The molecule has 25 heavy (non-hydrogen) atoms. The van der Waals surface area contributed by atoms with Crippen LogP contribution in [0.4, 0.5) is 5.82 Å². The van der Waals surface area contributed by atoms with Crippen LogP contribution in [0.15, 0.2) is 28.9 Å². The Bertz CT molecular complexity index is 981. The molecule has 2 heterocycles. The number of ether oxygens (including phenoxy) is 2. The fourth-order valence-electron chi connectivity index (χ4n) is 2.56. The zero-order chi connectivity index (χ0) is 18.0. The lowest BCUT2D eigenvalue weighted by Gasteiger charge is -2.08. The summed E-state index contributed by atoms with van der Waals surface area (Å²) in [4.78, 5) is 16.7. The van der Waals surface area contributed by atoms with Crippen molar-refractivity contribution in [3.8, 4) is 11.8 Å². The fraction of sp³-hybridized carbons (Fsp3) is 0.235. The summed E-state index contributed by atoms with van der Waals surface area (Å²) in [6.45, 7) is 0.277. The largest absolute Gasteiger partial charge is 0.493 e. The van der Waals surface area contributed by atoms with Gasteiger partial charge in [-0.2, -0.15) is 5.26 Å². The molecule has 0 spiro atoms. The van der Waals surface area contributed by atoms with Crippen molar-refractivity contribution < 1.29 is 18.7 Å². The number of aromatic nitrogens is 2. The van der Waals surface area contributed by atoms with E-state index in [2.05, 4.69) is 10.3 Å². The van der Waals surface area contributed by atoms with Crippen LogP contribution in [0, 0.1) is 11.3 Å². The number of hydrogen-bond acceptors (Lipinski definition) is 6. The minimum absolute atomic E-state index is 0.146. The van der Waals surface area contributed by atoms with Crippen LogP contribution >= 0.6 is 0 Å². The molecule has 1 N–H and O–H groups in total. The number of hydrogen-bond donors (Lipinski definition) is 1. The SMILES string of the molecule is COCc1cc2c(C(=O)Nc3c(C#N)ncn3C)ccc(OC)c2o1. The van der Waals surface area contributed by atoms with Crippen molar-refractivity contribution in [2.45, 2.75) is 6.61 Å². The van der Waals surface area contributed by atoms with E-state index in [1.54, 1.807) is 36.9 Å². The van der Waals surface area contributed by atoms with Gasteiger partial charge in [0.1, 0.15) is 18.4 Å². The van der Waals surface area contributed by atoms with E-state index < -0.39 is 0 Å². The molecule has 0 aliphatic carbocycles. The number of anilines is 1. The molecule has 0 fully saturated rings. The molecule has 0 aliphatic rings. The van der Waals surface area contributed by atoms with Crippen molar-refractivity contribution in [3.63, 3.8) is 0 Å². The van der Waals surface area contributed by atoms with Crippen molar-refractivity contribution in [1.29, 1.82) is 5.26 Å². The third kappa shape index (κ3) is 2.93. The van der Waals surface area contributed by atoms with Crippen LogP contribution in [0.25, 0.3) is 11.0 Å². The van der Waals surface area contributed by atoms with E-state index in [4.69, 9.17) is 19.2 Å². The summed E-state index contributed by atoms with van der Waals surface area (Å²) in [7, 11) is 4.79. The Labute approximate surface area is 143 Å². The van der Waals surface area contributed by atoms with Crippen LogP contribution in [0.1, 0.15) is 21.8 Å².